The number of nitrogens with one attached hydrogen (secondary N) is 2. The third-order valence-electron chi connectivity index (χ3n) is 1.46. The topological polar surface area (TPSA) is 61.9 Å². The van der Waals surface area contributed by atoms with E-state index in [2.05, 4.69) is 21.2 Å². The van der Waals surface area contributed by atoms with Crippen LogP contribution in [0.15, 0.2) is 22.7 Å². The normalized spacial score (nSPS) is 9.50. The maximum absolute atomic E-state index is 7.04. The second kappa shape index (κ2) is 3.58. The predicted molar refractivity (Wildman–Crippen MR) is 54.4 cm³/mol. The number of hydrogen-bond acceptors (Lipinski definition) is 1. The zero-order valence-electron chi connectivity index (χ0n) is 6.69. The maximum Gasteiger partial charge on any atom is 0.190 e. The SMILES string of the molecule is Cc1cc(Br)ccc1NC(=N)N. The molecule has 1 rings (SSSR count). The standard InChI is InChI=1S/C8H10BrN3/c1-5-4-6(9)2-3-7(5)12-8(10)11/h2-4H,1H3,(H4,10,11,12). The monoisotopic (exact) mass is 227 g/mol. The molecule has 12 heavy (non-hydrogen) atoms. The molecule has 0 aliphatic rings. The Labute approximate surface area is 79.6 Å². The predicted octanol–water partition coefficient (Wildman–Crippen LogP) is 2.06. The zero-order chi connectivity index (χ0) is 9.14. The van der Waals surface area contributed by atoms with E-state index >= 15 is 0 Å². The van der Waals surface area contributed by atoms with Gasteiger partial charge in [0.05, 0.1) is 0 Å². The minimum atomic E-state index is -0.0413. The molecule has 0 saturated heterocycles. The van der Waals surface area contributed by atoms with Crippen molar-refractivity contribution in [3.63, 3.8) is 0 Å². The third kappa shape index (κ3) is 2.23. The molecule has 0 fully saturated rings. The fraction of sp³-hybridized carbons (Fsp3) is 0.125. The quantitative estimate of drug-likeness (QED) is 0.509. The highest BCUT2D eigenvalue weighted by Gasteiger charge is 1.98. The lowest BCUT2D eigenvalue weighted by Crippen LogP contribution is -2.20. The molecule has 1 aromatic rings. The van der Waals surface area contributed by atoms with E-state index in [4.69, 9.17) is 11.1 Å². The maximum atomic E-state index is 7.04. The summed E-state index contributed by atoms with van der Waals surface area (Å²) in [7, 11) is 0. The van der Waals surface area contributed by atoms with E-state index in [0.717, 1.165) is 15.7 Å². The van der Waals surface area contributed by atoms with Crippen molar-refractivity contribution in [2.75, 3.05) is 5.32 Å². The van der Waals surface area contributed by atoms with Gasteiger partial charge in [0.15, 0.2) is 5.96 Å². The van der Waals surface area contributed by atoms with Crippen LogP contribution in [0.1, 0.15) is 5.56 Å². The summed E-state index contributed by atoms with van der Waals surface area (Å²) in [4.78, 5) is 0. The van der Waals surface area contributed by atoms with Crippen LogP contribution in [0.3, 0.4) is 0 Å². The van der Waals surface area contributed by atoms with E-state index in [1.807, 2.05) is 25.1 Å². The first-order valence-electron chi connectivity index (χ1n) is 3.47. The molecule has 3 nitrogen and oxygen atoms in total. The first kappa shape index (κ1) is 9.06. The number of guanidine groups is 1. The summed E-state index contributed by atoms with van der Waals surface area (Å²) in [6, 6.07) is 5.74. The van der Waals surface area contributed by atoms with Gasteiger partial charge in [0.2, 0.25) is 0 Å². The second-order valence-corrected chi connectivity index (χ2v) is 3.41. The number of benzene rings is 1. The molecule has 0 spiro atoms. The molecule has 0 aromatic heterocycles. The van der Waals surface area contributed by atoms with Crippen molar-refractivity contribution in [3.8, 4) is 0 Å². The molecular formula is C8H10BrN3. The van der Waals surface area contributed by atoms with Gasteiger partial charge >= 0.3 is 0 Å². The third-order valence-corrected chi connectivity index (χ3v) is 1.95. The van der Waals surface area contributed by atoms with Gasteiger partial charge in [-0.25, -0.2) is 0 Å². The summed E-state index contributed by atoms with van der Waals surface area (Å²) >= 11 is 3.35. The molecule has 0 unspecified atom stereocenters. The molecule has 64 valence electrons. The van der Waals surface area contributed by atoms with Crippen LogP contribution in [0, 0.1) is 12.3 Å². The van der Waals surface area contributed by atoms with E-state index in [1.165, 1.54) is 0 Å². The summed E-state index contributed by atoms with van der Waals surface area (Å²) in [5.74, 6) is -0.0413. The lowest BCUT2D eigenvalue weighted by atomic mass is 10.2. The summed E-state index contributed by atoms with van der Waals surface area (Å²) in [6.07, 6.45) is 0. The van der Waals surface area contributed by atoms with E-state index in [9.17, 15) is 0 Å². The van der Waals surface area contributed by atoms with Gasteiger partial charge in [0.1, 0.15) is 0 Å². The Morgan fingerprint density at radius 2 is 2.25 bits per heavy atom. The van der Waals surface area contributed by atoms with Crippen molar-refractivity contribution in [2.24, 2.45) is 5.73 Å². The van der Waals surface area contributed by atoms with Gasteiger partial charge in [-0.15, -0.1) is 0 Å². The van der Waals surface area contributed by atoms with Gasteiger partial charge in [0.25, 0.3) is 0 Å². The average Bonchev–Trinajstić information content (AvgIpc) is 1.94. The number of rotatable bonds is 1. The number of nitrogens with two attached hydrogens (primary N) is 1. The Kier molecular flexibility index (Phi) is 2.70. The molecule has 0 saturated carbocycles. The average molecular weight is 228 g/mol. The van der Waals surface area contributed by atoms with Gasteiger partial charge in [0, 0.05) is 10.2 Å². The van der Waals surface area contributed by atoms with Crippen LogP contribution in [-0.4, -0.2) is 5.96 Å². The highest BCUT2D eigenvalue weighted by Crippen LogP contribution is 2.19. The van der Waals surface area contributed by atoms with Gasteiger partial charge in [-0.1, -0.05) is 15.9 Å². The Bertz CT molecular complexity index is 309. The molecule has 0 bridgehead atoms. The van der Waals surface area contributed by atoms with Crippen molar-refractivity contribution in [1.82, 2.24) is 0 Å². The highest BCUT2D eigenvalue weighted by molar-refractivity contribution is 9.10. The first-order valence-corrected chi connectivity index (χ1v) is 4.26. The number of hydrogen-bond donors (Lipinski definition) is 3. The largest absolute Gasteiger partial charge is 0.370 e. The van der Waals surface area contributed by atoms with Crippen molar-refractivity contribution in [2.45, 2.75) is 6.92 Å². The fourth-order valence-corrected chi connectivity index (χ4v) is 1.39. The molecule has 0 amide bonds. The first-order chi connectivity index (χ1) is 5.59. The molecular weight excluding hydrogens is 218 g/mol. The molecule has 0 atom stereocenters. The fourth-order valence-electron chi connectivity index (χ4n) is 0.912. The number of halogens is 1. The van der Waals surface area contributed by atoms with Crippen LogP contribution >= 0.6 is 15.9 Å². The van der Waals surface area contributed by atoms with E-state index < -0.39 is 0 Å². The Morgan fingerprint density at radius 3 is 2.75 bits per heavy atom. The van der Waals surface area contributed by atoms with Gasteiger partial charge < -0.3 is 11.1 Å². The lowest BCUT2D eigenvalue weighted by Gasteiger charge is -2.06. The van der Waals surface area contributed by atoms with Crippen LogP contribution in [0.2, 0.25) is 0 Å². The Hall–Kier alpha value is -1.03. The van der Waals surface area contributed by atoms with Crippen LogP contribution in [0.5, 0.6) is 0 Å². The summed E-state index contributed by atoms with van der Waals surface area (Å²) in [5, 5.41) is 9.78. The van der Waals surface area contributed by atoms with Gasteiger partial charge in [-0.2, -0.15) is 0 Å². The van der Waals surface area contributed by atoms with Crippen molar-refractivity contribution in [1.29, 1.82) is 5.41 Å². The summed E-state index contributed by atoms with van der Waals surface area (Å²) < 4.78 is 1.02. The minimum Gasteiger partial charge on any atom is -0.370 e. The van der Waals surface area contributed by atoms with Crippen molar-refractivity contribution in [3.05, 3.63) is 28.2 Å². The van der Waals surface area contributed by atoms with Crippen molar-refractivity contribution < 1.29 is 0 Å². The summed E-state index contributed by atoms with van der Waals surface area (Å²) in [5.41, 5.74) is 7.11. The van der Waals surface area contributed by atoms with E-state index in [0.29, 0.717) is 0 Å². The molecule has 4 heteroatoms. The molecule has 1 aromatic carbocycles. The van der Waals surface area contributed by atoms with E-state index in [-0.39, 0.29) is 5.96 Å². The molecule has 0 aliphatic carbocycles. The molecule has 0 radical (unpaired) electrons. The molecule has 0 heterocycles. The van der Waals surface area contributed by atoms with Gasteiger partial charge in [-0.3, -0.25) is 5.41 Å². The highest BCUT2D eigenvalue weighted by atomic mass is 79.9. The Balaban J connectivity index is 2.93. The van der Waals surface area contributed by atoms with Gasteiger partial charge in [-0.05, 0) is 30.7 Å². The second-order valence-electron chi connectivity index (χ2n) is 2.50. The Morgan fingerprint density at radius 1 is 1.58 bits per heavy atom. The van der Waals surface area contributed by atoms with Crippen molar-refractivity contribution >= 4 is 27.6 Å². The zero-order valence-corrected chi connectivity index (χ0v) is 8.27. The van der Waals surface area contributed by atoms with Crippen LogP contribution in [0.4, 0.5) is 5.69 Å². The van der Waals surface area contributed by atoms with E-state index in [1.54, 1.807) is 0 Å². The lowest BCUT2D eigenvalue weighted by molar-refractivity contribution is 1.37. The van der Waals surface area contributed by atoms with Crippen LogP contribution in [0.25, 0.3) is 0 Å². The summed E-state index contributed by atoms with van der Waals surface area (Å²) in [6.45, 7) is 1.95. The molecule has 0 aliphatic heterocycles. The minimum absolute atomic E-state index is 0.0413. The smallest absolute Gasteiger partial charge is 0.190 e. The molecule has 4 N–H and O–H groups in total. The van der Waals surface area contributed by atoms with Crippen LogP contribution in [-0.2, 0) is 0 Å². The van der Waals surface area contributed by atoms with Crippen LogP contribution < -0.4 is 11.1 Å². The number of aryl methyl sites for hydroxylation is 1. The number of anilines is 1.